The third-order valence-corrected chi connectivity index (χ3v) is 2.64. The van der Waals surface area contributed by atoms with Crippen molar-refractivity contribution in [3.63, 3.8) is 0 Å². The van der Waals surface area contributed by atoms with Crippen LogP contribution in [-0.4, -0.2) is 0 Å². The van der Waals surface area contributed by atoms with E-state index in [0.717, 1.165) is 31.2 Å². The Hall–Kier alpha value is -2.07. The van der Waals surface area contributed by atoms with Gasteiger partial charge in [0, 0.05) is 12.0 Å². The molecule has 1 aromatic rings. The van der Waals surface area contributed by atoms with Gasteiger partial charge in [0.2, 0.25) is 5.55 Å². The number of nitrogens with zero attached hydrogens (tertiary/aromatic N) is 2. The van der Waals surface area contributed by atoms with Gasteiger partial charge in [0.15, 0.2) is 0 Å². The lowest BCUT2D eigenvalue weighted by Crippen LogP contribution is -2.16. The molecule has 0 saturated carbocycles. The van der Waals surface area contributed by atoms with Gasteiger partial charge in [0.05, 0.1) is 5.56 Å². The first-order chi connectivity index (χ1) is 7.27. The SMILES string of the molecule is N#Cc1c2c(oc(=N)c1C#N)CCCC2. The van der Waals surface area contributed by atoms with Crippen LogP contribution in [0, 0.1) is 28.1 Å². The zero-order valence-corrected chi connectivity index (χ0v) is 8.13. The van der Waals surface area contributed by atoms with E-state index in [4.69, 9.17) is 20.4 Å². The van der Waals surface area contributed by atoms with E-state index in [9.17, 15) is 0 Å². The molecule has 74 valence electrons. The molecule has 0 spiro atoms. The summed E-state index contributed by atoms with van der Waals surface area (Å²) in [5, 5.41) is 25.4. The van der Waals surface area contributed by atoms with E-state index in [1.807, 2.05) is 12.1 Å². The molecular weight excluding hydrogens is 190 g/mol. The molecule has 1 aromatic heterocycles. The Morgan fingerprint density at radius 2 is 1.73 bits per heavy atom. The summed E-state index contributed by atoms with van der Waals surface area (Å²) in [6.07, 6.45) is 3.57. The van der Waals surface area contributed by atoms with Gasteiger partial charge in [-0.15, -0.1) is 0 Å². The quantitative estimate of drug-likeness (QED) is 0.684. The topological polar surface area (TPSA) is 84.6 Å². The highest BCUT2D eigenvalue weighted by atomic mass is 16.3. The number of rotatable bonds is 0. The fourth-order valence-electron chi connectivity index (χ4n) is 1.92. The van der Waals surface area contributed by atoms with Crippen LogP contribution in [0.25, 0.3) is 0 Å². The summed E-state index contributed by atoms with van der Waals surface area (Å²) in [4.78, 5) is 0. The monoisotopic (exact) mass is 199 g/mol. The van der Waals surface area contributed by atoms with Crippen molar-refractivity contribution < 1.29 is 4.42 Å². The first kappa shape index (κ1) is 9.48. The van der Waals surface area contributed by atoms with Crippen molar-refractivity contribution >= 4 is 0 Å². The van der Waals surface area contributed by atoms with Crippen molar-refractivity contribution in [2.75, 3.05) is 0 Å². The number of hydrogen-bond acceptors (Lipinski definition) is 4. The van der Waals surface area contributed by atoms with Crippen LogP contribution in [0.1, 0.15) is 35.3 Å². The van der Waals surface area contributed by atoms with E-state index in [2.05, 4.69) is 0 Å². The molecule has 0 aromatic carbocycles. The van der Waals surface area contributed by atoms with Crippen LogP contribution in [0.5, 0.6) is 0 Å². The lowest BCUT2D eigenvalue weighted by molar-refractivity contribution is 0.409. The molecule has 0 fully saturated rings. The van der Waals surface area contributed by atoms with Gasteiger partial charge in [0.25, 0.3) is 0 Å². The molecule has 15 heavy (non-hydrogen) atoms. The molecule has 0 amide bonds. The molecule has 0 bridgehead atoms. The third kappa shape index (κ3) is 1.41. The summed E-state index contributed by atoms with van der Waals surface area (Å²) in [6.45, 7) is 0. The smallest absolute Gasteiger partial charge is 0.230 e. The fraction of sp³-hybridized carbons (Fsp3) is 0.364. The standard InChI is InChI=1S/C11H9N3O/c12-5-8-7-3-1-2-4-10(7)15-11(14)9(8)6-13/h14H,1-4H2. The normalized spacial score (nSPS) is 13.7. The van der Waals surface area contributed by atoms with Gasteiger partial charge in [-0.3, -0.25) is 5.41 Å². The number of aryl methyl sites for hydroxylation is 1. The van der Waals surface area contributed by atoms with Crippen molar-refractivity contribution in [2.24, 2.45) is 0 Å². The Morgan fingerprint density at radius 1 is 1.07 bits per heavy atom. The summed E-state index contributed by atoms with van der Waals surface area (Å²) in [5.74, 6) is 0.710. The van der Waals surface area contributed by atoms with Crippen LogP contribution >= 0.6 is 0 Å². The van der Waals surface area contributed by atoms with Gasteiger partial charge in [-0.1, -0.05) is 0 Å². The minimum absolute atomic E-state index is 0.0677. The molecule has 1 aliphatic rings. The number of fused-ring (bicyclic) bond motifs is 1. The van der Waals surface area contributed by atoms with Crippen LogP contribution in [0.2, 0.25) is 0 Å². The minimum Gasteiger partial charge on any atom is -0.442 e. The average molecular weight is 199 g/mol. The summed E-state index contributed by atoms with van der Waals surface area (Å²) >= 11 is 0. The Labute approximate surface area is 86.9 Å². The molecule has 0 saturated heterocycles. The molecule has 0 radical (unpaired) electrons. The summed E-state index contributed by atoms with van der Waals surface area (Å²) < 4.78 is 5.26. The Balaban J connectivity index is 2.79. The summed E-state index contributed by atoms with van der Waals surface area (Å²) in [7, 11) is 0. The van der Waals surface area contributed by atoms with Crippen LogP contribution in [0.3, 0.4) is 0 Å². The molecule has 4 nitrogen and oxygen atoms in total. The molecule has 1 heterocycles. The highest BCUT2D eigenvalue weighted by Crippen LogP contribution is 2.24. The Bertz CT molecular complexity index is 543. The van der Waals surface area contributed by atoms with Gasteiger partial charge < -0.3 is 4.42 Å². The van der Waals surface area contributed by atoms with Crippen LogP contribution < -0.4 is 5.55 Å². The van der Waals surface area contributed by atoms with Crippen molar-refractivity contribution in [3.8, 4) is 12.1 Å². The maximum atomic E-state index is 9.00. The van der Waals surface area contributed by atoms with Gasteiger partial charge in [-0.25, -0.2) is 0 Å². The maximum Gasteiger partial charge on any atom is 0.230 e. The highest BCUT2D eigenvalue weighted by molar-refractivity contribution is 5.49. The molecule has 2 rings (SSSR count). The van der Waals surface area contributed by atoms with Crippen molar-refractivity contribution in [2.45, 2.75) is 25.7 Å². The molecule has 0 aliphatic heterocycles. The van der Waals surface area contributed by atoms with E-state index in [-0.39, 0.29) is 11.1 Å². The Morgan fingerprint density at radius 3 is 2.40 bits per heavy atom. The van der Waals surface area contributed by atoms with E-state index in [0.29, 0.717) is 11.3 Å². The minimum atomic E-state index is -0.185. The van der Waals surface area contributed by atoms with Crippen LogP contribution in [0.15, 0.2) is 4.42 Å². The zero-order valence-electron chi connectivity index (χ0n) is 8.13. The molecule has 4 heteroatoms. The molecular formula is C11H9N3O. The van der Waals surface area contributed by atoms with Crippen molar-refractivity contribution in [1.29, 1.82) is 15.9 Å². The third-order valence-electron chi connectivity index (χ3n) is 2.64. The molecule has 1 aliphatic carbocycles. The van der Waals surface area contributed by atoms with Gasteiger partial charge in [-0.2, -0.15) is 10.5 Å². The second kappa shape index (κ2) is 3.59. The fourth-order valence-corrected chi connectivity index (χ4v) is 1.92. The second-order valence-corrected chi connectivity index (χ2v) is 3.51. The molecule has 0 atom stereocenters. The lowest BCUT2D eigenvalue weighted by Gasteiger charge is -2.15. The lowest BCUT2D eigenvalue weighted by atomic mass is 9.92. The predicted molar refractivity (Wildman–Crippen MR) is 50.6 cm³/mol. The summed E-state index contributed by atoms with van der Waals surface area (Å²) in [5.41, 5.74) is 1.05. The predicted octanol–water partition coefficient (Wildman–Crippen LogP) is 1.38. The van der Waals surface area contributed by atoms with E-state index < -0.39 is 0 Å². The average Bonchev–Trinajstić information content (AvgIpc) is 2.27. The van der Waals surface area contributed by atoms with E-state index in [1.54, 1.807) is 0 Å². The number of nitriles is 2. The van der Waals surface area contributed by atoms with Crippen LogP contribution in [0.4, 0.5) is 0 Å². The van der Waals surface area contributed by atoms with Gasteiger partial charge >= 0.3 is 0 Å². The summed E-state index contributed by atoms with van der Waals surface area (Å²) in [6, 6.07) is 3.87. The van der Waals surface area contributed by atoms with Crippen LogP contribution in [-0.2, 0) is 12.8 Å². The van der Waals surface area contributed by atoms with Gasteiger partial charge in [-0.05, 0) is 19.3 Å². The largest absolute Gasteiger partial charge is 0.442 e. The highest BCUT2D eigenvalue weighted by Gasteiger charge is 2.20. The second-order valence-electron chi connectivity index (χ2n) is 3.51. The van der Waals surface area contributed by atoms with Gasteiger partial charge in [0.1, 0.15) is 23.5 Å². The maximum absolute atomic E-state index is 9.00. The molecule has 0 unspecified atom stereocenters. The first-order valence-electron chi connectivity index (χ1n) is 4.81. The number of nitrogens with one attached hydrogen (secondary N) is 1. The van der Waals surface area contributed by atoms with Crippen molar-refractivity contribution in [3.05, 3.63) is 28.0 Å². The van der Waals surface area contributed by atoms with Crippen molar-refractivity contribution in [1.82, 2.24) is 0 Å². The Kier molecular flexibility index (Phi) is 2.27. The molecule has 1 N–H and O–H groups in total. The first-order valence-corrected chi connectivity index (χ1v) is 4.81. The zero-order chi connectivity index (χ0) is 10.8. The van der Waals surface area contributed by atoms with E-state index >= 15 is 0 Å². The number of hydrogen-bond donors (Lipinski definition) is 1. The van der Waals surface area contributed by atoms with E-state index in [1.165, 1.54) is 0 Å².